The Labute approximate surface area is 132 Å². The molecule has 1 aromatic carbocycles. The number of aryl methyl sites for hydroxylation is 1. The van der Waals surface area contributed by atoms with Crippen LogP contribution in [-0.4, -0.2) is 24.2 Å². The highest BCUT2D eigenvalue weighted by atomic mass is 16.5. The summed E-state index contributed by atoms with van der Waals surface area (Å²) >= 11 is 0. The van der Waals surface area contributed by atoms with Gasteiger partial charge in [-0.1, -0.05) is 19.2 Å². The van der Waals surface area contributed by atoms with Crippen molar-refractivity contribution in [2.45, 2.75) is 34.6 Å². The van der Waals surface area contributed by atoms with E-state index in [2.05, 4.69) is 27.0 Å². The van der Waals surface area contributed by atoms with Crippen molar-refractivity contribution in [3.8, 4) is 0 Å². The molecule has 4 heteroatoms. The highest BCUT2D eigenvalue weighted by Gasteiger charge is 2.15. The zero-order chi connectivity index (χ0) is 17.6. The maximum absolute atomic E-state index is 11.5. The molecule has 1 rings (SSSR count). The topological polar surface area (TPSA) is 63.6 Å². The lowest BCUT2D eigenvalue weighted by atomic mass is 9.91. The van der Waals surface area contributed by atoms with E-state index in [0.29, 0.717) is 5.57 Å². The van der Waals surface area contributed by atoms with Crippen molar-refractivity contribution in [3.63, 3.8) is 0 Å². The molecule has 0 aliphatic rings. The largest absolute Gasteiger partial charge is 0.478 e. The Hall–Kier alpha value is -2.36. The van der Waals surface area contributed by atoms with Gasteiger partial charge in [0.25, 0.3) is 0 Å². The van der Waals surface area contributed by atoms with Gasteiger partial charge < -0.3 is 9.84 Å². The van der Waals surface area contributed by atoms with Gasteiger partial charge in [-0.15, -0.1) is 0 Å². The Morgan fingerprint density at radius 1 is 1.05 bits per heavy atom. The van der Waals surface area contributed by atoms with Crippen molar-refractivity contribution in [3.05, 3.63) is 52.6 Å². The quantitative estimate of drug-likeness (QED) is 0.682. The first-order valence-corrected chi connectivity index (χ1v) is 6.78. The maximum Gasteiger partial charge on any atom is 0.337 e. The van der Waals surface area contributed by atoms with E-state index < -0.39 is 5.97 Å². The van der Waals surface area contributed by atoms with E-state index in [1.54, 1.807) is 0 Å². The van der Waals surface area contributed by atoms with E-state index >= 15 is 0 Å². The van der Waals surface area contributed by atoms with Crippen LogP contribution in [0.1, 0.15) is 34.7 Å². The van der Waals surface area contributed by atoms with Crippen molar-refractivity contribution in [2.24, 2.45) is 0 Å². The fourth-order valence-electron chi connectivity index (χ4n) is 1.76. The van der Waals surface area contributed by atoms with Crippen molar-refractivity contribution >= 4 is 17.5 Å². The number of aliphatic carboxylic acids is 1. The van der Waals surface area contributed by atoms with Gasteiger partial charge in [0, 0.05) is 5.57 Å². The second kappa shape index (κ2) is 8.17. The van der Waals surface area contributed by atoms with Crippen LogP contribution in [0.5, 0.6) is 0 Å². The van der Waals surface area contributed by atoms with Crippen LogP contribution in [0, 0.1) is 27.7 Å². The van der Waals surface area contributed by atoms with Gasteiger partial charge in [-0.05, 0) is 62.4 Å². The number of carbonyl (C=O) groups is 2. The standard InChI is InChI=1S/C14H18O2.C4H6O2/c1-8-7-13(12(5)14(15)16-6)11(4)10(3)9(8)2;1-3(2)4(5)6/h7H,5H2,1-4,6H3;1H2,2H3,(H,5,6). The molecule has 0 saturated carbocycles. The average Bonchev–Trinajstić information content (AvgIpc) is 2.47. The van der Waals surface area contributed by atoms with Gasteiger partial charge in [-0.25, -0.2) is 9.59 Å². The fourth-order valence-corrected chi connectivity index (χ4v) is 1.76. The zero-order valence-electron chi connectivity index (χ0n) is 14.2. The molecule has 0 fully saturated rings. The number of methoxy groups -OCH3 is 1. The van der Waals surface area contributed by atoms with Gasteiger partial charge >= 0.3 is 11.9 Å². The van der Waals surface area contributed by atoms with Crippen LogP contribution in [0.4, 0.5) is 0 Å². The van der Waals surface area contributed by atoms with Crippen LogP contribution >= 0.6 is 0 Å². The summed E-state index contributed by atoms with van der Waals surface area (Å²) in [4.78, 5) is 21.0. The predicted octanol–water partition coefficient (Wildman–Crippen LogP) is 3.75. The number of esters is 1. The second-order valence-electron chi connectivity index (χ2n) is 5.17. The highest BCUT2D eigenvalue weighted by Crippen LogP contribution is 2.26. The van der Waals surface area contributed by atoms with Crippen LogP contribution in [0.25, 0.3) is 5.57 Å². The zero-order valence-corrected chi connectivity index (χ0v) is 14.2. The molecule has 1 aromatic rings. The van der Waals surface area contributed by atoms with E-state index in [9.17, 15) is 9.59 Å². The average molecular weight is 304 g/mol. The first-order chi connectivity index (χ1) is 10.0. The fraction of sp³-hybridized carbons (Fsp3) is 0.333. The number of carboxylic acid groups (broad SMARTS) is 1. The third-order valence-corrected chi connectivity index (χ3v) is 3.60. The van der Waals surface area contributed by atoms with E-state index in [-0.39, 0.29) is 11.5 Å². The van der Waals surface area contributed by atoms with Crippen LogP contribution in [0.15, 0.2) is 24.8 Å². The third-order valence-electron chi connectivity index (χ3n) is 3.60. The second-order valence-corrected chi connectivity index (χ2v) is 5.17. The van der Waals surface area contributed by atoms with E-state index in [1.165, 1.54) is 30.7 Å². The summed E-state index contributed by atoms with van der Waals surface area (Å²) in [5.41, 5.74) is 6.22. The normalized spacial score (nSPS) is 9.36. The molecule has 0 amide bonds. The molecule has 0 aliphatic carbocycles. The molecule has 0 radical (unpaired) electrons. The Morgan fingerprint density at radius 3 is 1.86 bits per heavy atom. The van der Waals surface area contributed by atoms with Gasteiger partial charge in [0.1, 0.15) is 0 Å². The molecule has 0 unspecified atom stereocenters. The van der Waals surface area contributed by atoms with Crippen molar-refractivity contribution in [2.75, 3.05) is 7.11 Å². The summed E-state index contributed by atoms with van der Waals surface area (Å²) in [7, 11) is 1.37. The minimum Gasteiger partial charge on any atom is -0.478 e. The first kappa shape index (κ1) is 19.6. The molecule has 0 aliphatic heterocycles. The summed E-state index contributed by atoms with van der Waals surface area (Å²) in [5.74, 6) is -1.30. The summed E-state index contributed by atoms with van der Waals surface area (Å²) in [6.45, 7) is 16.6. The van der Waals surface area contributed by atoms with Gasteiger partial charge in [-0.3, -0.25) is 0 Å². The molecular weight excluding hydrogens is 280 g/mol. The molecule has 22 heavy (non-hydrogen) atoms. The summed E-state index contributed by atoms with van der Waals surface area (Å²) in [5, 5.41) is 7.89. The molecule has 120 valence electrons. The van der Waals surface area contributed by atoms with Gasteiger partial charge in [0.2, 0.25) is 0 Å². The van der Waals surface area contributed by atoms with Gasteiger partial charge in [-0.2, -0.15) is 0 Å². The van der Waals surface area contributed by atoms with Crippen molar-refractivity contribution < 1.29 is 19.4 Å². The minimum atomic E-state index is -0.935. The van der Waals surface area contributed by atoms with Crippen LogP contribution in [0.2, 0.25) is 0 Å². The van der Waals surface area contributed by atoms with E-state index in [1.807, 2.05) is 19.9 Å². The summed E-state index contributed by atoms with van der Waals surface area (Å²) < 4.78 is 4.69. The number of hydrogen-bond acceptors (Lipinski definition) is 3. The number of rotatable bonds is 3. The molecule has 4 nitrogen and oxygen atoms in total. The SMILES string of the molecule is C=C(C(=O)OC)c1cc(C)c(C)c(C)c1C.C=C(C)C(=O)O. The first-order valence-electron chi connectivity index (χ1n) is 6.78. The van der Waals surface area contributed by atoms with Gasteiger partial charge in [0.15, 0.2) is 0 Å². The lowest BCUT2D eigenvalue weighted by Crippen LogP contribution is -2.06. The summed E-state index contributed by atoms with van der Waals surface area (Å²) in [6.07, 6.45) is 0. The van der Waals surface area contributed by atoms with Crippen LogP contribution in [-0.2, 0) is 14.3 Å². The maximum atomic E-state index is 11.5. The number of benzene rings is 1. The van der Waals surface area contributed by atoms with Crippen molar-refractivity contribution in [1.82, 2.24) is 0 Å². The Morgan fingerprint density at radius 2 is 1.50 bits per heavy atom. The minimum absolute atomic E-state index is 0.176. The Balaban J connectivity index is 0.000000626. The lowest BCUT2D eigenvalue weighted by molar-refractivity contribution is -0.134. The molecular formula is C18H24O4. The number of carboxylic acids is 1. The van der Waals surface area contributed by atoms with Crippen molar-refractivity contribution in [1.29, 1.82) is 0 Å². The number of carbonyl (C=O) groups excluding carboxylic acids is 1. The van der Waals surface area contributed by atoms with E-state index in [4.69, 9.17) is 9.84 Å². The summed E-state index contributed by atoms with van der Waals surface area (Å²) in [6, 6.07) is 2.00. The van der Waals surface area contributed by atoms with E-state index in [0.717, 1.165) is 11.1 Å². The molecule has 1 N–H and O–H groups in total. The Kier molecular flexibility index (Phi) is 7.30. The predicted molar refractivity (Wildman–Crippen MR) is 88.9 cm³/mol. The molecule has 0 atom stereocenters. The highest BCUT2D eigenvalue weighted by molar-refractivity contribution is 6.16. The number of ether oxygens (including phenoxy) is 1. The number of hydrogen-bond donors (Lipinski definition) is 1. The van der Waals surface area contributed by atoms with Crippen LogP contribution in [0.3, 0.4) is 0 Å². The molecule has 0 spiro atoms. The smallest absolute Gasteiger partial charge is 0.337 e. The van der Waals surface area contributed by atoms with Crippen LogP contribution < -0.4 is 0 Å². The third kappa shape index (κ3) is 4.88. The lowest BCUT2D eigenvalue weighted by Gasteiger charge is -2.14. The molecule has 0 heterocycles. The molecule has 0 aromatic heterocycles. The monoisotopic (exact) mass is 304 g/mol. The van der Waals surface area contributed by atoms with Gasteiger partial charge in [0.05, 0.1) is 12.7 Å². The molecule has 0 saturated heterocycles. The Bertz CT molecular complexity index is 612. The molecule has 0 bridgehead atoms.